The standard InChI is InChI=1S/C18H21FN4O/c19-15-3-1-14(2-4-15)11-22-6-5-17-16(12-22)18(21-13-20-17)23-7-9-24-10-8-23/h1-4,13H,5-12H2. The molecule has 2 aromatic rings. The van der Waals surface area contributed by atoms with Gasteiger partial charge in [-0.3, -0.25) is 4.90 Å². The maximum atomic E-state index is 13.1. The van der Waals surface area contributed by atoms with Crippen molar-refractivity contribution in [2.45, 2.75) is 19.5 Å². The molecule has 2 aliphatic rings. The molecule has 1 aromatic heterocycles. The fourth-order valence-corrected chi connectivity index (χ4v) is 3.41. The molecule has 24 heavy (non-hydrogen) atoms. The Bertz CT molecular complexity index is 701. The van der Waals surface area contributed by atoms with Crippen molar-refractivity contribution in [3.63, 3.8) is 0 Å². The van der Waals surface area contributed by atoms with Gasteiger partial charge in [0.15, 0.2) is 0 Å². The van der Waals surface area contributed by atoms with Crippen LogP contribution in [0.2, 0.25) is 0 Å². The molecule has 0 aliphatic carbocycles. The monoisotopic (exact) mass is 328 g/mol. The molecular weight excluding hydrogens is 307 g/mol. The molecule has 0 amide bonds. The average Bonchev–Trinajstić information content (AvgIpc) is 2.64. The molecule has 3 heterocycles. The predicted molar refractivity (Wildman–Crippen MR) is 89.3 cm³/mol. The van der Waals surface area contributed by atoms with Crippen LogP contribution < -0.4 is 4.90 Å². The number of morpholine rings is 1. The van der Waals surface area contributed by atoms with E-state index in [2.05, 4.69) is 19.8 Å². The van der Waals surface area contributed by atoms with Gasteiger partial charge >= 0.3 is 0 Å². The van der Waals surface area contributed by atoms with E-state index < -0.39 is 0 Å². The Morgan fingerprint density at radius 1 is 1.04 bits per heavy atom. The molecule has 0 spiro atoms. The van der Waals surface area contributed by atoms with E-state index >= 15 is 0 Å². The number of fused-ring (bicyclic) bond motifs is 1. The molecule has 6 heteroatoms. The van der Waals surface area contributed by atoms with Crippen LogP contribution in [0.3, 0.4) is 0 Å². The maximum absolute atomic E-state index is 13.1. The third-order valence-electron chi connectivity index (χ3n) is 4.69. The number of ether oxygens (including phenoxy) is 1. The Balaban J connectivity index is 1.53. The largest absolute Gasteiger partial charge is 0.378 e. The lowest BCUT2D eigenvalue weighted by Gasteiger charge is -2.34. The highest BCUT2D eigenvalue weighted by Gasteiger charge is 2.24. The van der Waals surface area contributed by atoms with Gasteiger partial charge in [-0.1, -0.05) is 12.1 Å². The fourth-order valence-electron chi connectivity index (χ4n) is 3.41. The van der Waals surface area contributed by atoms with Crippen LogP contribution in [-0.4, -0.2) is 47.7 Å². The second-order valence-corrected chi connectivity index (χ2v) is 6.31. The number of hydrogen-bond donors (Lipinski definition) is 0. The Kier molecular flexibility index (Phi) is 4.40. The molecule has 1 saturated heterocycles. The van der Waals surface area contributed by atoms with E-state index in [4.69, 9.17) is 4.74 Å². The highest BCUT2D eigenvalue weighted by Crippen LogP contribution is 2.27. The van der Waals surface area contributed by atoms with E-state index in [0.29, 0.717) is 0 Å². The molecule has 5 nitrogen and oxygen atoms in total. The molecule has 2 aliphatic heterocycles. The summed E-state index contributed by atoms with van der Waals surface area (Å²) in [4.78, 5) is 13.7. The van der Waals surface area contributed by atoms with Gasteiger partial charge in [0.2, 0.25) is 0 Å². The van der Waals surface area contributed by atoms with Crippen LogP contribution in [-0.2, 0) is 24.2 Å². The van der Waals surface area contributed by atoms with Crippen molar-refractivity contribution >= 4 is 5.82 Å². The summed E-state index contributed by atoms with van der Waals surface area (Å²) < 4.78 is 18.5. The SMILES string of the molecule is Fc1ccc(CN2CCc3ncnc(N4CCOCC4)c3C2)cc1. The van der Waals surface area contributed by atoms with E-state index in [1.54, 1.807) is 6.33 Å². The Morgan fingerprint density at radius 2 is 1.83 bits per heavy atom. The van der Waals surface area contributed by atoms with Crippen molar-refractivity contribution in [2.24, 2.45) is 0 Å². The smallest absolute Gasteiger partial charge is 0.136 e. The van der Waals surface area contributed by atoms with Gasteiger partial charge in [0.05, 0.1) is 18.9 Å². The minimum absolute atomic E-state index is 0.189. The molecule has 4 rings (SSSR count). The van der Waals surface area contributed by atoms with Crippen molar-refractivity contribution in [3.8, 4) is 0 Å². The normalized spacial score (nSPS) is 18.5. The lowest BCUT2D eigenvalue weighted by Crippen LogP contribution is -2.39. The first-order valence-electron chi connectivity index (χ1n) is 8.42. The van der Waals surface area contributed by atoms with E-state index in [0.717, 1.165) is 69.4 Å². The second-order valence-electron chi connectivity index (χ2n) is 6.31. The van der Waals surface area contributed by atoms with Gasteiger partial charge in [0.25, 0.3) is 0 Å². The zero-order valence-electron chi connectivity index (χ0n) is 13.6. The molecule has 126 valence electrons. The number of benzene rings is 1. The first-order valence-corrected chi connectivity index (χ1v) is 8.42. The Hall–Kier alpha value is -2.05. The molecule has 0 N–H and O–H groups in total. The minimum Gasteiger partial charge on any atom is -0.378 e. The summed E-state index contributed by atoms with van der Waals surface area (Å²) in [5.41, 5.74) is 3.51. The van der Waals surface area contributed by atoms with Crippen LogP contribution in [0, 0.1) is 5.82 Å². The maximum Gasteiger partial charge on any atom is 0.136 e. The fraction of sp³-hybridized carbons (Fsp3) is 0.444. The number of halogens is 1. The first kappa shape index (κ1) is 15.5. The van der Waals surface area contributed by atoms with Crippen LogP contribution >= 0.6 is 0 Å². The predicted octanol–water partition coefficient (Wildman–Crippen LogP) is 2.01. The molecular formula is C18H21FN4O. The molecule has 0 atom stereocenters. The zero-order chi connectivity index (χ0) is 16.4. The van der Waals surface area contributed by atoms with Crippen LogP contribution in [0.1, 0.15) is 16.8 Å². The third kappa shape index (κ3) is 3.25. The highest BCUT2D eigenvalue weighted by atomic mass is 19.1. The first-order chi connectivity index (χ1) is 11.8. The van der Waals surface area contributed by atoms with E-state index in [1.807, 2.05) is 12.1 Å². The van der Waals surface area contributed by atoms with E-state index in [9.17, 15) is 4.39 Å². The van der Waals surface area contributed by atoms with Gasteiger partial charge in [-0.2, -0.15) is 0 Å². The summed E-state index contributed by atoms with van der Waals surface area (Å²) in [5, 5.41) is 0. The second kappa shape index (κ2) is 6.83. The van der Waals surface area contributed by atoms with Gasteiger partial charge in [-0.25, -0.2) is 14.4 Å². The van der Waals surface area contributed by atoms with Crippen LogP contribution in [0.5, 0.6) is 0 Å². The average molecular weight is 328 g/mol. The van der Waals surface area contributed by atoms with Gasteiger partial charge < -0.3 is 9.64 Å². The number of aromatic nitrogens is 2. The van der Waals surface area contributed by atoms with Gasteiger partial charge in [0, 0.05) is 44.7 Å². The summed E-state index contributed by atoms with van der Waals surface area (Å²) in [6.45, 7) is 5.86. The van der Waals surface area contributed by atoms with Crippen molar-refractivity contribution < 1.29 is 9.13 Å². The number of anilines is 1. The number of hydrogen-bond acceptors (Lipinski definition) is 5. The Labute approximate surface area is 141 Å². The molecule has 0 bridgehead atoms. The quantitative estimate of drug-likeness (QED) is 0.862. The molecule has 1 fully saturated rings. The van der Waals surface area contributed by atoms with Crippen molar-refractivity contribution in [2.75, 3.05) is 37.7 Å². The number of rotatable bonds is 3. The highest BCUT2D eigenvalue weighted by molar-refractivity contribution is 5.49. The lowest BCUT2D eigenvalue weighted by atomic mass is 10.0. The van der Waals surface area contributed by atoms with Crippen LogP contribution in [0.15, 0.2) is 30.6 Å². The summed E-state index contributed by atoms with van der Waals surface area (Å²) >= 11 is 0. The summed E-state index contributed by atoms with van der Waals surface area (Å²) in [6, 6.07) is 6.76. The zero-order valence-corrected chi connectivity index (χ0v) is 13.6. The molecule has 0 unspecified atom stereocenters. The van der Waals surface area contributed by atoms with Crippen LogP contribution in [0.4, 0.5) is 10.2 Å². The Morgan fingerprint density at radius 3 is 2.62 bits per heavy atom. The van der Waals surface area contributed by atoms with E-state index in [-0.39, 0.29) is 5.82 Å². The summed E-state index contributed by atoms with van der Waals surface area (Å²) in [7, 11) is 0. The topological polar surface area (TPSA) is 41.5 Å². The van der Waals surface area contributed by atoms with Crippen LogP contribution in [0.25, 0.3) is 0 Å². The minimum atomic E-state index is -0.189. The summed E-state index contributed by atoms with van der Waals surface area (Å²) in [6.07, 6.45) is 2.61. The molecule has 0 radical (unpaired) electrons. The third-order valence-corrected chi connectivity index (χ3v) is 4.69. The molecule has 1 aromatic carbocycles. The van der Waals surface area contributed by atoms with Gasteiger partial charge in [0.1, 0.15) is 18.0 Å². The lowest BCUT2D eigenvalue weighted by molar-refractivity contribution is 0.122. The van der Waals surface area contributed by atoms with Crippen molar-refractivity contribution in [3.05, 3.63) is 53.2 Å². The van der Waals surface area contributed by atoms with Crippen molar-refractivity contribution in [1.82, 2.24) is 14.9 Å². The number of nitrogens with zero attached hydrogens (tertiary/aromatic N) is 4. The summed E-state index contributed by atoms with van der Waals surface area (Å²) in [5.74, 6) is 0.859. The van der Waals surface area contributed by atoms with Gasteiger partial charge in [-0.15, -0.1) is 0 Å². The van der Waals surface area contributed by atoms with E-state index in [1.165, 1.54) is 17.7 Å². The van der Waals surface area contributed by atoms with Crippen molar-refractivity contribution in [1.29, 1.82) is 0 Å². The van der Waals surface area contributed by atoms with Gasteiger partial charge in [-0.05, 0) is 17.7 Å². The molecule has 0 saturated carbocycles.